The number of aromatic nitrogens is 2. The smallest absolute Gasteiger partial charge is 0.416 e. The molecule has 1 aliphatic rings. The second kappa shape index (κ2) is 12.0. The molecule has 4 rings (SSSR count). The second-order valence-electron chi connectivity index (χ2n) is 10.0. The lowest BCUT2D eigenvalue weighted by Crippen LogP contribution is -2.40. The van der Waals surface area contributed by atoms with Crippen molar-refractivity contribution in [3.8, 4) is 17.3 Å². The molecule has 1 aliphatic heterocycles. The van der Waals surface area contributed by atoms with E-state index in [0.717, 1.165) is 28.6 Å². The predicted molar refractivity (Wildman–Crippen MR) is 139 cm³/mol. The first-order valence-electron chi connectivity index (χ1n) is 12.8. The third kappa shape index (κ3) is 7.03. The lowest BCUT2D eigenvalue weighted by Gasteiger charge is -2.23. The van der Waals surface area contributed by atoms with Gasteiger partial charge in [0, 0.05) is 24.2 Å². The summed E-state index contributed by atoms with van der Waals surface area (Å²) in [4.78, 5) is 21.8. The maximum absolute atomic E-state index is 13.3. The zero-order valence-electron chi connectivity index (χ0n) is 22.0. The van der Waals surface area contributed by atoms with Gasteiger partial charge in [0.05, 0.1) is 28.8 Å². The van der Waals surface area contributed by atoms with E-state index in [1.54, 1.807) is 6.07 Å². The van der Waals surface area contributed by atoms with Crippen LogP contribution >= 0.6 is 0 Å². The number of hydrogen-bond acceptors (Lipinski definition) is 6. The van der Waals surface area contributed by atoms with E-state index in [2.05, 4.69) is 9.97 Å². The van der Waals surface area contributed by atoms with E-state index in [1.165, 1.54) is 24.3 Å². The lowest BCUT2D eigenvalue weighted by molar-refractivity contribution is -0.137. The summed E-state index contributed by atoms with van der Waals surface area (Å²) in [6, 6.07) is 9.77. The number of ketones is 1. The molecule has 0 spiro atoms. The van der Waals surface area contributed by atoms with Crippen LogP contribution in [0, 0.1) is 11.7 Å². The Morgan fingerprint density at radius 1 is 1.07 bits per heavy atom. The van der Waals surface area contributed by atoms with E-state index in [0.29, 0.717) is 36.4 Å². The van der Waals surface area contributed by atoms with Crippen LogP contribution in [0.5, 0.6) is 6.01 Å². The number of sulfonamides is 1. The third-order valence-electron chi connectivity index (χ3n) is 6.44. The van der Waals surface area contributed by atoms with Crippen molar-refractivity contribution in [1.29, 1.82) is 0 Å². The number of nitrogens with zero attached hydrogens (tertiary/aromatic N) is 3. The van der Waals surface area contributed by atoms with Gasteiger partial charge in [0.15, 0.2) is 5.78 Å². The van der Waals surface area contributed by atoms with Crippen LogP contribution in [0.1, 0.15) is 44.4 Å². The molecule has 0 aliphatic carbocycles. The second-order valence-corrected chi connectivity index (χ2v) is 11.9. The number of carbonyl (C=O) groups is 1. The monoisotopic (exact) mass is 579 g/mol. The molecule has 0 amide bonds. The van der Waals surface area contributed by atoms with Gasteiger partial charge in [-0.15, -0.1) is 0 Å². The van der Waals surface area contributed by atoms with Crippen LogP contribution in [-0.2, 0) is 27.4 Å². The van der Waals surface area contributed by atoms with Gasteiger partial charge in [0.1, 0.15) is 5.82 Å². The van der Waals surface area contributed by atoms with Gasteiger partial charge >= 0.3 is 12.2 Å². The van der Waals surface area contributed by atoms with Crippen molar-refractivity contribution in [2.24, 2.45) is 5.92 Å². The Labute approximate surface area is 230 Å². The Hall–Kier alpha value is -3.38. The molecule has 2 heterocycles. The first kappa shape index (κ1) is 29.6. The number of carbonyl (C=O) groups excluding carboxylic acids is 1. The highest BCUT2D eigenvalue weighted by atomic mass is 32.2. The van der Waals surface area contributed by atoms with E-state index in [4.69, 9.17) is 4.74 Å². The van der Waals surface area contributed by atoms with Gasteiger partial charge in [-0.2, -0.15) is 22.5 Å². The number of hydrogen-bond donors (Lipinski definition) is 0. The highest BCUT2D eigenvalue weighted by molar-refractivity contribution is 7.89. The van der Waals surface area contributed by atoms with Crippen LogP contribution in [0.4, 0.5) is 17.6 Å². The van der Waals surface area contributed by atoms with Crippen molar-refractivity contribution < 1.29 is 35.5 Å². The molecule has 1 fully saturated rings. The van der Waals surface area contributed by atoms with Crippen molar-refractivity contribution in [1.82, 2.24) is 14.3 Å². The van der Waals surface area contributed by atoms with Crippen LogP contribution in [0.2, 0.25) is 0 Å². The van der Waals surface area contributed by atoms with Gasteiger partial charge in [-0.1, -0.05) is 26.0 Å². The molecular weight excluding hydrogens is 550 g/mol. The van der Waals surface area contributed by atoms with Crippen LogP contribution in [0.15, 0.2) is 59.5 Å². The highest BCUT2D eigenvalue weighted by Crippen LogP contribution is 2.32. The number of alkyl halides is 3. The highest BCUT2D eigenvalue weighted by Gasteiger charge is 2.39. The summed E-state index contributed by atoms with van der Waals surface area (Å²) in [5.41, 5.74) is 0.406. The SMILES string of the molecule is CC(C)COc1nc(CCC(=O)[C@@H]2CCCN2S(=O)(=O)c2ccc(F)cc2)cc(-c2ccc(C(F)(F)F)cc2)n1. The fourth-order valence-electron chi connectivity index (χ4n) is 4.39. The molecule has 0 unspecified atom stereocenters. The molecule has 1 atom stereocenters. The van der Waals surface area contributed by atoms with Crippen LogP contribution in [0.3, 0.4) is 0 Å². The van der Waals surface area contributed by atoms with E-state index < -0.39 is 33.6 Å². The topological polar surface area (TPSA) is 89.5 Å². The van der Waals surface area contributed by atoms with Gasteiger partial charge < -0.3 is 4.74 Å². The Morgan fingerprint density at radius 3 is 2.38 bits per heavy atom. The fourth-order valence-corrected chi connectivity index (χ4v) is 6.07. The molecule has 2 aromatic carbocycles. The van der Waals surface area contributed by atoms with E-state index in [1.807, 2.05) is 13.8 Å². The largest absolute Gasteiger partial charge is 0.463 e. The van der Waals surface area contributed by atoms with Crippen LogP contribution < -0.4 is 4.74 Å². The van der Waals surface area contributed by atoms with Gasteiger partial charge in [-0.25, -0.2) is 17.8 Å². The minimum absolute atomic E-state index is 0.0206. The molecule has 0 bridgehead atoms. The summed E-state index contributed by atoms with van der Waals surface area (Å²) >= 11 is 0. The van der Waals surface area contributed by atoms with Gasteiger partial charge in [0.25, 0.3) is 0 Å². The van der Waals surface area contributed by atoms with Gasteiger partial charge in [-0.3, -0.25) is 4.79 Å². The Kier molecular flexibility index (Phi) is 8.89. The number of aryl methyl sites for hydroxylation is 1. The Balaban J connectivity index is 1.53. The zero-order valence-corrected chi connectivity index (χ0v) is 22.8. The summed E-state index contributed by atoms with van der Waals surface area (Å²) in [6.45, 7) is 4.36. The van der Waals surface area contributed by atoms with Crippen molar-refractivity contribution in [3.05, 3.63) is 71.7 Å². The zero-order chi connectivity index (χ0) is 29.1. The maximum atomic E-state index is 13.3. The van der Waals surface area contributed by atoms with E-state index in [-0.39, 0.29) is 42.0 Å². The summed E-state index contributed by atoms with van der Waals surface area (Å²) in [5, 5.41) is 0. The fraction of sp³-hybridized carbons (Fsp3) is 0.393. The van der Waals surface area contributed by atoms with Gasteiger partial charge in [0.2, 0.25) is 10.0 Å². The molecule has 214 valence electrons. The van der Waals surface area contributed by atoms with Gasteiger partial charge in [-0.05, 0) is 67.6 Å². The van der Waals surface area contributed by atoms with Crippen LogP contribution in [-0.4, -0.2) is 47.7 Å². The first-order chi connectivity index (χ1) is 18.8. The number of rotatable bonds is 10. The molecule has 1 aromatic heterocycles. The average Bonchev–Trinajstić information content (AvgIpc) is 3.42. The predicted octanol–water partition coefficient (Wildman–Crippen LogP) is 5.69. The minimum atomic E-state index is -4.47. The summed E-state index contributed by atoms with van der Waals surface area (Å²) < 4.78 is 85.4. The minimum Gasteiger partial charge on any atom is -0.463 e. The summed E-state index contributed by atoms with van der Waals surface area (Å²) in [7, 11) is -3.99. The molecule has 7 nitrogen and oxygen atoms in total. The summed E-state index contributed by atoms with van der Waals surface area (Å²) in [6.07, 6.45) is -3.47. The lowest BCUT2D eigenvalue weighted by atomic mass is 10.0. The molecule has 3 aromatic rings. The van der Waals surface area contributed by atoms with Crippen molar-refractivity contribution in [2.75, 3.05) is 13.2 Å². The maximum Gasteiger partial charge on any atom is 0.416 e. The van der Waals surface area contributed by atoms with Crippen LogP contribution in [0.25, 0.3) is 11.3 Å². The molecule has 0 saturated carbocycles. The Bertz CT molecular complexity index is 1440. The number of Topliss-reactive ketones (excluding diaryl/α,β-unsaturated/α-hetero) is 1. The normalized spacial score (nSPS) is 16.4. The molecule has 1 saturated heterocycles. The van der Waals surface area contributed by atoms with Crippen molar-refractivity contribution >= 4 is 15.8 Å². The Morgan fingerprint density at radius 2 is 1.75 bits per heavy atom. The average molecular weight is 580 g/mol. The van der Waals surface area contributed by atoms with Crippen molar-refractivity contribution in [3.63, 3.8) is 0 Å². The molecule has 0 N–H and O–H groups in total. The van der Waals surface area contributed by atoms with E-state index >= 15 is 0 Å². The third-order valence-corrected chi connectivity index (χ3v) is 8.36. The molecule has 40 heavy (non-hydrogen) atoms. The molecule has 0 radical (unpaired) electrons. The standard InChI is InChI=1S/C28H29F4N3O4S/c1-18(2)17-39-27-33-22(16-24(34-27)19-5-7-20(8-6-19)28(30,31)32)11-14-26(36)25-4-3-15-35(25)40(37,38)23-12-9-21(29)10-13-23/h5-10,12-13,16,18,25H,3-4,11,14-15,17H2,1-2H3/t25-/m0/s1. The number of benzene rings is 2. The first-order valence-corrected chi connectivity index (χ1v) is 14.3. The van der Waals surface area contributed by atoms with E-state index in [9.17, 15) is 30.8 Å². The number of halogens is 4. The molecular formula is C28H29F4N3O4S. The quantitative estimate of drug-likeness (QED) is 0.287. The summed E-state index contributed by atoms with van der Waals surface area (Å²) in [5.74, 6) is -0.687. The van der Waals surface area contributed by atoms with Crippen molar-refractivity contribution in [2.45, 2.75) is 56.6 Å². The molecule has 12 heteroatoms. The number of ether oxygens (including phenoxy) is 1.